The van der Waals surface area contributed by atoms with Crippen LogP contribution in [0.1, 0.15) is 32.1 Å². The summed E-state index contributed by atoms with van der Waals surface area (Å²) in [6.07, 6.45) is 2.64. The van der Waals surface area contributed by atoms with E-state index in [1.54, 1.807) is 6.26 Å². The fraction of sp³-hybridized carbons (Fsp3) is 0.556. The van der Waals surface area contributed by atoms with E-state index in [4.69, 9.17) is 10.2 Å². The van der Waals surface area contributed by atoms with E-state index in [1.807, 2.05) is 12.1 Å². The molecule has 70 valence electrons. The molecule has 0 aliphatic rings. The largest absolute Gasteiger partial charge is 0.468 e. The highest BCUT2D eigenvalue weighted by Gasteiger charge is 2.09. The Morgan fingerprint density at radius 1 is 1.50 bits per heavy atom. The standard InChI is InChI=1S/C9H15NO.ClH/c1-7(2)6-8(10)9-4-3-5-11-9;/h3-5,7-8H,6,10H2,1-2H3;1H. The molecule has 1 aromatic rings. The van der Waals surface area contributed by atoms with Gasteiger partial charge in [0.1, 0.15) is 5.76 Å². The molecule has 1 heterocycles. The van der Waals surface area contributed by atoms with Crippen molar-refractivity contribution in [3.63, 3.8) is 0 Å². The molecule has 1 atom stereocenters. The molecule has 1 aromatic heterocycles. The van der Waals surface area contributed by atoms with E-state index in [2.05, 4.69) is 13.8 Å². The Morgan fingerprint density at radius 2 is 2.17 bits per heavy atom. The van der Waals surface area contributed by atoms with E-state index in [1.165, 1.54) is 0 Å². The molecular formula is C9H16ClNO. The van der Waals surface area contributed by atoms with E-state index in [9.17, 15) is 0 Å². The van der Waals surface area contributed by atoms with Crippen molar-refractivity contribution in [2.24, 2.45) is 11.7 Å². The molecule has 0 aliphatic heterocycles. The number of furan rings is 1. The minimum absolute atomic E-state index is 0. The summed E-state index contributed by atoms with van der Waals surface area (Å²) >= 11 is 0. The molecule has 0 aromatic carbocycles. The van der Waals surface area contributed by atoms with Gasteiger partial charge in [-0.2, -0.15) is 0 Å². The zero-order chi connectivity index (χ0) is 8.27. The Morgan fingerprint density at radius 3 is 2.58 bits per heavy atom. The van der Waals surface area contributed by atoms with Gasteiger partial charge >= 0.3 is 0 Å². The molecule has 0 saturated heterocycles. The predicted octanol–water partition coefficient (Wildman–Crippen LogP) is 2.75. The van der Waals surface area contributed by atoms with Gasteiger partial charge in [0.2, 0.25) is 0 Å². The molecule has 1 unspecified atom stereocenters. The van der Waals surface area contributed by atoms with Crippen LogP contribution in [0.15, 0.2) is 22.8 Å². The molecule has 0 spiro atoms. The van der Waals surface area contributed by atoms with Crippen LogP contribution in [0.3, 0.4) is 0 Å². The average Bonchev–Trinajstić information content (AvgIpc) is 2.35. The first-order chi connectivity index (χ1) is 5.20. The first-order valence-corrected chi connectivity index (χ1v) is 3.99. The normalized spacial score (nSPS) is 12.7. The van der Waals surface area contributed by atoms with E-state index >= 15 is 0 Å². The molecule has 2 N–H and O–H groups in total. The second-order valence-corrected chi connectivity index (χ2v) is 3.25. The number of hydrogen-bond acceptors (Lipinski definition) is 2. The highest BCUT2D eigenvalue weighted by Crippen LogP contribution is 2.18. The van der Waals surface area contributed by atoms with Crippen LogP contribution in [0.25, 0.3) is 0 Å². The molecule has 0 saturated carbocycles. The average molecular weight is 190 g/mol. The van der Waals surface area contributed by atoms with Crippen molar-refractivity contribution in [2.45, 2.75) is 26.3 Å². The fourth-order valence-corrected chi connectivity index (χ4v) is 1.13. The zero-order valence-electron chi connectivity index (χ0n) is 7.49. The maximum absolute atomic E-state index is 5.85. The Balaban J connectivity index is 0.00000121. The second-order valence-electron chi connectivity index (χ2n) is 3.25. The summed E-state index contributed by atoms with van der Waals surface area (Å²) in [5.41, 5.74) is 5.85. The van der Waals surface area contributed by atoms with Crippen LogP contribution < -0.4 is 5.73 Å². The molecule has 0 fully saturated rings. The Bertz CT molecular complexity index is 196. The fourth-order valence-electron chi connectivity index (χ4n) is 1.13. The van der Waals surface area contributed by atoms with E-state index in [0.717, 1.165) is 12.2 Å². The maximum Gasteiger partial charge on any atom is 0.120 e. The summed E-state index contributed by atoms with van der Waals surface area (Å²) in [6.45, 7) is 4.31. The lowest BCUT2D eigenvalue weighted by atomic mass is 10.0. The van der Waals surface area contributed by atoms with E-state index in [0.29, 0.717) is 5.92 Å². The number of rotatable bonds is 3. The first kappa shape index (κ1) is 11.5. The summed E-state index contributed by atoms with van der Waals surface area (Å²) in [7, 11) is 0. The van der Waals surface area contributed by atoms with E-state index < -0.39 is 0 Å². The lowest BCUT2D eigenvalue weighted by Crippen LogP contribution is -2.11. The van der Waals surface area contributed by atoms with Crippen LogP contribution in [-0.2, 0) is 0 Å². The van der Waals surface area contributed by atoms with Gasteiger partial charge in [-0.15, -0.1) is 12.4 Å². The number of halogens is 1. The van der Waals surface area contributed by atoms with E-state index in [-0.39, 0.29) is 18.4 Å². The van der Waals surface area contributed by atoms with Crippen molar-refractivity contribution in [3.8, 4) is 0 Å². The lowest BCUT2D eigenvalue weighted by Gasteiger charge is -2.10. The zero-order valence-corrected chi connectivity index (χ0v) is 8.30. The first-order valence-electron chi connectivity index (χ1n) is 3.99. The maximum atomic E-state index is 5.85. The molecule has 0 amide bonds. The van der Waals surface area contributed by atoms with Crippen LogP contribution in [-0.4, -0.2) is 0 Å². The summed E-state index contributed by atoms with van der Waals surface area (Å²) in [6, 6.07) is 3.85. The highest BCUT2D eigenvalue weighted by molar-refractivity contribution is 5.85. The molecule has 2 nitrogen and oxygen atoms in total. The minimum atomic E-state index is 0. The number of nitrogens with two attached hydrogens (primary N) is 1. The van der Waals surface area contributed by atoms with Crippen molar-refractivity contribution in [1.82, 2.24) is 0 Å². The monoisotopic (exact) mass is 189 g/mol. The third kappa shape index (κ3) is 3.28. The summed E-state index contributed by atoms with van der Waals surface area (Å²) in [5.74, 6) is 1.51. The molecule has 1 rings (SSSR count). The molecule has 12 heavy (non-hydrogen) atoms. The molecule has 0 radical (unpaired) electrons. The van der Waals surface area contributed by atoms with Crippen molar-refractivity contribution >= 4 is 12.4 Å². The van der Waals surface area contributed by atoms with Gasteiger partial charge in [-0.25, -0.2) is 0 Å². The van der Waals surface area contributed by atoms with Crippen molar-refractivity contribution in [2.75, 3.05) is 0 Å². The number of hydrogen-bond donors (Lipinski definition) is 1. The van der Waals surface area contributed by atoms with Crippen LogP contribution >= 0.6 is 12.4 Å². The van der Waals surface area contributed by atoms with Crippen LogP contribution in [0.2, 0.25) is 0 Å². The second kappa shape index (κ2) is 5.22. The summed E-state index contributed by atoms with van der Waals surface area (Å²) in [4.78, 5) is 0. The van der Waals surface area contributed by atoms with Crippen LogP contribution in [0, 0.1) is 5.92 Å². The lowest BCUT2D eigenvalue weighted by molar-refractivity contribution is 0.416. The van der Waals surface area contributed by atoms with Gasteiger partial charge < -0.3 is 10.2 Å². The van der Waals surface area contributed by atoms with Gasteiger partial charge in [0, 0.05) is 0 Å². The molecular weight excluding hydrogens is 174 g/mol. The quantitative estimate of drug-likeness (QED) is 0.794. The highest BCUT2D eigenvalue weighted by atomic mass is 35.5. The smallest absolute Gasteiger partial charge is 0.120 e. The van der Waals surface area contributed by atoms with Gasteiger partial charge in [-0.1, -0.05) is 13.8 Å². The topological polar surface area (TPSA) is 39.2 Å². The molecule has 0 bridgehead atoms. The molecule has 0 aliphatic carbocycles. The van der Waals surface area contributed by atoms with Gasteiger partial charge in [-0.05, 0) is 24.5 Å². The van der Waals surface area contributed by atoms with Gasteiger partial charge in [0.05, 0.1) is 12.3 Å². The Hall–Kier alpha value is -0.470. The van der Waals surface area contributed by atoms with Gasteiger partial charge in [0.25, 0.3) is 0 Å². The third-order valence-corrected chi connectivity index (χ3v) is 1.63. The van der Waals surface area contributed by atoms with Crippen molar-refractivity contribution < 1.29 is 4.42 Å². The van der Waals surface area contributed by atoms with Gasteiger partial charge in [0.15, 0.2) is 0 Å². The SMILES string of the molecule is CC(C)CC(N)c1ccco1.Cl. The van der Waals surface area contributed by atoms with Crippen LogP contribution in [0.4, 0.5) is 0 Å². The third-order valence-electron chi connectivity index (χ3n) is 1.63. The molecule has 3 heteroatoms. The Kier molecular flexibility index (Phi) is 5.02. The Labute approximate surface area is 79.5 Å². The summed E-state index contributed by atoms with van der Waals surface area (Å²) in [5, 5.41) is 0. The van der Waals surface area contributed by atoms with Crippen molar-refractivity contribution in [3.05, 3.63) is 24.2 Å². The summed E-state index contributed by atoms with van der Waals surface area (Å²) < 4.78 is 5.17. The minimum Gasteiger partial charge on any atom is -0.468 e. The van der Waals surface area contributed by atoms with Crippen LogP contribution in [0.5, 0.6) is 0 Å². The predicted molar refractivity (Wildman–Crippen MR) is 52.3 cm³/mol. The van der Waals surface area contributed by atoms with Crippen molar-refractivity contribution in [1.29, 1.82) is 0 Å². The van der Waals surface area contributed by atoms with Gasteiger partial charge in [-0.3, -0.25) is 0 Å².